The van der Waals surface area contributed by atoms with Crippen molar-refractivity contribution in [2.75, 3.05) is 0 Å². The van der Waals surface area contributed by atoms with E-state index in [1.165, 1.54) is 6.92 Å². The lowest BCUT2D eigenvalue weighted by atomic mass is 9.56. The van der Waals surface area contributed by atoms with Gasteiger partial charge in [0.15, 0.2) is 11.4 Å². The number of hydrogen-bond acceptors (Lipinski definition) is 7. The number of ketones is 2. The van der Waals surface area contributed by atoms with Gasteiger partial charge in [0.1, 0.15) is 17.1 Å². The van der Waals surface area contributed by atoms with Crippen LogP contribution < -0.4 is 5.73 Å². The second-order valence-electron chi connectivity index (χ2n) is 7.58. The third kappa shape index (κ3) is 2.04. The molecule has 0 bridgehead atoms. The van der Waals surface area contributed by atoms with Crippen molar-refractivity contribution in [1.29, 1.82) is 0 Å². The Balaban J connectivity index is 1.98. The van der Waals surface area contributed by atoms with Gasteiger partial charge in [0, 0.05) is 28.9 Å². The Morgan fingerprint density at radius 3 is 2.50 bits per heavy atom. The number of allylic oxidation sites excluding steroid dienone is 1. The number of aliphatic hydroxyl groups excluding tert-OH is 3. The van der Waals surface area contributed by atoms with Gasteiger partial charge in [0.25, 0.3) is 5.91 Å². The lowest BCUT2D eigenvalue weighted by Crippen LogP contribution is -2.64. The molecule has 146 valence electrons. The summed E-state index contributed by atoms with van der Waals surface area (Å²) in [5.41, 5.74) is 2.33. The van der Waals surface area contributed by atoms with Crippen LogP contribution in [0.5, 0.6) is 0 Å². The molecule has 0 aromatic heterocycles. The summed E-state index contributed by atoms with van der Waals surface area (Å²) in [7, 11) is 0. The molecule has 0 saturated carbocycles. The predicted octanol–water partition coefficient (Wildman–Crippen LogP) is 0.0917. The number of hydrogen-bond donors (Lipinski definition) is 5. The molecule has 8 nitrogen and oxygen atoms in total. The minimum absolute atomic E-state index is 0.211. The van der Waals surface area contributed by atoms with Gasteiger partial charge in [-0.15, -0.1) is 0 Å². The molecule has 0 saturated heterocycles. The van der Waals surface area contributed by atoms with E-state index in [4.69, 9.17) is 5.73 Å². The lowest BCUT2D eigenvalue weighted by molar-refractivity contribution is -0.159. The SMILES string of the molecule is C[C@@H]1C(O)=C(C(N)=O)C(=O)[C@@]2(O)C(O)=C3C(=O)c4ccccc4C[C@H]3[C@H](O)[C@@H]12. The molecule has 3 aliphatic rings. The van der Waals surface area contributed by atoms with Crippen LogP contribution in [0.25, 0.3) is 0 Å². The summed E-state index contributed by atoms with van der Waals surface area (Å²) in [5, 5.41) is 43.4. The third-order valence-electron chi connectivity index (χ3n) is 6.24. The van der Waals surface area contributed by atoms with Crippen LogP contribution in [0.15, 0.2) is 46.9 Å². The number of rotatable bonds is 1. The molecule has 0 unspecified atom stereocenters. The van der Waals surface area contributed by atoms with Gasteiger partial charge in [-0.05, 0) is 12.0 Å². The minimum atomic E-state index is -2.73. The van der Waals surface area contributed by atoms with Crippen molar-refractivity contribution in [1.82, 2.24) is 0 Å². The number of benzene rings is 1. The van der Waals surface area contributed by atoms with Crippen LogP contribution in [0.4, 0.5) is 0 Å². The molecule has 0 aliphatic heterocycles. The Kier molecular flexibility index (Phi) is 3.79. The minimum Gasteiger partial charge on any atom is -0.511 e. The molecule has 28 heavy (non-hydrogen) atoms. The first-order valence-corrected chi connectivity index (χ1v) is 8.86. The van der Waals surface area contributed by atoms with E-state index in [9.17, 15) is 34.8 Å². The van der Waals surface area contributed by atoms with Crippen LogP contribution in [-0.4, -0.2) is 49.6 Å². The topological polar surface area (TPSA) is 158 Å². The van der Waals surface area contributed by atoms with Crippen molar-refractivity contribution >= 4 is 17.5 Å². The summed E-state index contributed by atoms with van der Waals surface area (Å²) in [6.07, 6.45) is -1.22. The highest BCUT2D eigenvalue weighted by Gasteiger charge is 2.65. The normalized spacial score (nSPS) is 34.7. The Morgan fingerprint density at radius 2 is 1.86 bits per heavy atom. The van der Waals surface area contributed by atoms with Crippen LogP contribution in [0.1, 0.15) is 22.8 Å². The second kappa shape index (κ2) is 5.76. The monoisotopic (exact) mass is 385 g/mol. The van der Waals surface area contributed by atoms with Gasteiger partial charge in [0.05, 0.1) is 6.10 Å². The summed E-state index contributed by atoms with van der Waals surface area (Å²) in [5.74, 6) is -8.02. The van der Waals surface area contributed by atoms with Gasteiger partial charge in [-0.3, -0.25) is 14.4 Å². The highest BCUT2D eigenvalue weighted by molar-refractivity contribution is 6.24. The molecule has 8 heteroatoms. The van der Waals surface area contributed by atoms with Crippen molar-refractivity contribution in [3.05, 3.63) is 58.1 Å². The maximum absolute atomic E-state index is 13.0. The Morgan fingerprint density at radius 1 is 1.21 bits per heavy atom. The summed E-state index contributed by atoms with van der Waals surface area (Å²) >= 11 is 0. The first kappa shape index (κ1) is 18.4. The molecule has 5 atom stereocenters. The van der Waals surface area contributed by atoms with Gasteiger partial charge in [0.2, 0.25) is 5.78 Å². The summed E-state index contributed by atoms with van der Waals surface area (Å²) in [4.78, 5) is 37.5. The van der Waals surface area contributed by atoms with Crippen LogP contribution >= 0.6 is 0 Å². The summed E-state index contributed by atoms with van der Waals surface area (Å²) in [6.45, 7) is 1.40. The number of primary amides is 1. The predicted molar refractivity (Wildman–Crippen MR) is 95.1 cm³/mol. The number of nitrogens with two attached hydrogens (primary N) is 1. The standard InChI is InChI=1S/C20H19NO7/c1-7-13-16(24)10-6-8-4-2-3-5-9(8)15(23)11(10)17(25)20(13,28)18(26)12(14(7)22)19(21)27/h2-5,7,10,13,16,22,24-25,28H,6H2,1H3,(H2,21,27)/t7-,10+,13+,16-,20-/m0/s1. The number of carbonyl (C=O) groups excluding carboxylic acids is 3. The van der Waals surface area contributed by atoms with E-state index < -0.39 is 64.0 Å². The largest absolute Gasteiger partial charge is 0.511 e. The molecule has 6 N–H and O–H groups in total. The molecule has 0 radical (unpaired) electrons. The number of amides is 1. The van der Waals surface area contributed by atoms with Crippen molar-refractivity contribution in [3.63, 3.8) is 0 Å². The van der Waals surface area contributed by atoms with Gasteiger partial charge in [-0.1, -0.05) is 31.2 Å². The van der Waals surface area contributed by atoms with E-state index in [1.54, 1.807) is 24.3 Å². The Hall–Kier alpha value is -2.97. The van der Waals surface area contributed by atoms with E-state index in [-0.39, 0.29) is 12.0 Å². The fourth-order valence-electron chi connectivity index (χ4n) is 4.87. The first-order valence-electron chi connectivity index (χ1n) is 8.86. The third-order valence-corrected chi connectivity index (χ3v) is 6.24. The van der Waals surface area contributed by atoms with Gasteiger partial charge >= 0.3 is 0 Å². The maximum atomic E-state index is 13.0. The molecule has 3 aliphatic carbocycles. The molecule has 4 rings (SSSR count). The molecule has 0 spiro atoms. The van der Waals surface area contributed by atoms with Crippen LogP contribution in [-0.2, 0) is 16.0 Å². The fourth-order valence-corrected chi connectivity index (χ4v) is 4.87. The zero-order valence-electron chi connectivity index (χ0n) is 14.9. The average Bonchev–Trinajstić information content (AvgIpc) is 2.65. The molecule has 1 aromatic rings. The van der Waals surface area contributed by atoms with Gasteiger partial charge in [-0.25, -0.2) is 0 Å². The molecular weight excluding hydrogens is 366 g/mol. The molecular formula is C20H19NO7. The fraction of sp³-hybridized carbons (Fsp3) is 0.350. The molecule has 1 aromatic carbocycles. The highest BCUT2D eigenvalue weighted by Crippen LogP contribution is 2.52. The van der Waals surface area contributed by atoms with Crippen LogP contribution in [0.3, 0.4) is 0 Å². The zero-order chi connectivity index (χ0) is 20.5. The van der Waals surface area contributed by atoms with E-state index in [1.807, 2.05) is 0 Å². The number of fused-ring (bicyclic) bond motifs is 3. The Bertz CT molecular complexity index is 1010. The first-order chi connectivity index (χ1) is 13.1. The summed E-state index contributed by atoms with van der Waals surface area (Å²) < 4.78 is 0. The van der Waals surface area contributed by atoms with E-state index in [0.717, 1.165) is 0 Å². The smallest absolute Gasteiger partial charge is 0.255 e. The quantitative estimate of drug-likeness (QED) is 0.429. The summed E-state index contributed by atoms with van der Waals surface area (Å²) in [6, 6.07) is 6.67. The maximum Gasteiger partial charge on any atom is 0.255 e. The number of carbonyl (C=O) groups is 3. The van der Waals surface area contributed by atoms with Crippen molar-refractivity contribution in [2.45, 2.75) is 25.0 Å². The second-order valence-corrected chi connectivity index (χ2v) is 7.58. The van der Waals surface area contributed by atoms with Crippen molar-refractivity contribution in [3.8, 4) is 0 Å². The van der Waals surface area contributed by atoms with Gasteiger partial charge in [-0.2, -0.15) is 0 Å². The van der Waals surface area contributed by atoms with Crippen LogP contribution in [0.2, 0.25) is 0 Å². The van der Waals surface area contributed by atoms with Crippen LogP contribution in [0, 0.1) is 17.8 Å². The average molecular weight is 385 g/mol. The number of Topliss-reactive ketones (excluding diaryl/α,β-unsaturated/α-hetero) is 2. The van der Waals surface area contributed by atoms with E-state index in [0.29, 0.717) is 11.1 Å². The molecule has 0 heterocycles. The molecule has 1 amide bonds. The van der Waals surface area contributed by atoms with Gasteiger partial charge < -0.3 is 26.2 Å². The number of aliphatic hydroxyl groups is 4. The highest BCUT2D eigenvalue weighted by atomic mass is 16.4. The molecule has 0 fully saturated rings. The van der Waals surface area contributed by atoms with Crippen molar-refractivity contribution < 1.29 is 34.8 Å². The van der Waals surface area contributed by atoms with Crippen molar-refractivity contribution in [2.24, 2.45) is 23.5 Å². The Labute approximate surface area is 159 Å². The zero-order valence-corrected chi connectivity index (χ0v) is 14.9. The lowest BCUT2D eigenvalue weighted by Gasteiger charge is -2.50. The van der Waals surface area contributed by atoms with E-state index in [2.05, 4.69) is 0 Å². The van der Waals surface area contributed by atoms with E-state index >= 15 is 0 Å².